The molecule has 2 aromatic heterocycles. The topological polar surface area (TPSA) is 61.3 Å². The van der Waals surface area contributed by atoms with Gasteiger partial charge in [-0.2, -0.15) is 0 Å². The average molecular weight is 254 g/mol. The Labute approximate surface area is 110 Å². The average Bonchev–Trinajstić information content (AvgIpc) is 2.81. The molecule has 0 saturated carbocycles. The van der Waals surface area contributed by atoms with Crippen molar-refractivity contribution in [1.82, 2.24) is 4.98 Å². The van der Waals surface area contributed by atoms with E-state index in [1.165, 1.54) is 6.26 Å². The minimum Gasteiger partial charge on any atom is -0.497 e. The summed E-state index contributed by atoms with van der Waals surface area (Å²) >= 11 is 0. The zero-order valence-electron chi connectivity index (χ0n) is 10.8. The molecule has 0 aliphatic carbocycles. The van der Waals surface area contributed by atoms with Crippen LogP contribution in [0.4, 0.5) is 5.69 Å². The van der Waals surface area contributed by atoms with Gasteiger partial charge in [0.1, 0.15) is 12.0 Å². The van der Waals surface area contributed by atoms with Crippen LogP contribution in [-0.2, 0) is 0 Å². The fraction of sp³-hybridized carbons (Fsp3) is 0.133. The van der Waals surface area contributed by atoms with E-state index in [2.05, 4.69) is 4.98 Å². The fourth-order valence-electron chi connectivity index (χ4n) is 2.25. The number of anilines is 1. The van der Waals surface area contributed by atoms with Gasteiger partial charge in [0.15, 0.2) is 0 Å². The number of furan rings is 1. The summed E-state index contributed by atoms with van der Waals surface area (Å²) in [7, 11) is 1.65. The Morgan fingerprint density at radius 3 is 2.63 bits per heavy atom. The largest absolute Gasteiger partial charge is 0.497 e. The Bertz CT molecular complexity index is 730. The number of hydrogen-bond acceptors (Lipinski definition) is 4. The summed E-state index contributed by atoms with van der Waals surface area (Å²) in [6.07, 6.45) is 3.33. The molecule has 1 aromatic carbocycles. The first kappa shape index (κ1) is 11.6. The number of methoxy groups -OCH3 is 1. The molecule has 4 nitrogen and oxygen atoms in total. The van der Waals surface area contributed by atoms with Gasteiger partial charge < -0.3 is 14.9 Å². The first-order valence-corrected chi connectivity index (χ1v) is 5.97. The predicted molar refractivity (Wildman–Crippen MR) is 75.1 cm³/mol. The summed E-state index contributed by atoms with van der Waals surface area (Å²) in [5.41, 5.74) is 10.3. The number of hydrogen-bond donors (Lipinski definition) is 1. The monoisotopic (exact) mass is 254 g/mol. The Morgan fingerprint density at radius 1 is 1.21 bits per heavy atom. The number of rotatable bonds is 2. The van der Waals surface area contributed by atoms with E-state index in [0.717, 1.165) is 27.8 Å². The third kappa shape index (κ3) is 1.81. The van der Waals surface area contributed by atoms with Gasteiger partial charge in [-0.25, -0.2) is 4.98 Å². The normalized spacial score (nSPS) is 10.8. The minimum absolute atomic E-state index is 0.564. The first-order chi connectivity index (χ1) is 9.20. The van der Waals surface area contributed by atoms with Crippen LogP contribution in [0.5, 0.6) is 5.75 Å². The van der Waals surface area contributed by atoms with Crippen LogP contribution in [0.15, 0.2) is 41.1 Å². The molecule has 2 N–H and O–H groups in total. The highest BCUT2D eigenvalue weighted by atomic mass is 16.5. The van der Waals surface area contributed by atoms with E-state index in [9.17, 15) is 0 Å². The van der Waals surface area contributed by atoms with Crippen molar-refractivity contribution in [3.63, 3.8) is 0 Å². The van der Waals surface area contributed by atoms with E-state index in [0.29, 0.717) is 11.4 Å². The number of nitrogen functional groups attached to an aromatic ring is 1. The zero-order valence-corrected chi connectivity index (χ0v) is 10.8. The molecule has 2 heterocycles. The second-order valence-corrected chi connectivity index (χ2v) is 4.42. The van der Waals surface area contributed by atoms with Gasteiger partial charge in [-0.15, -0.1) is 0 Å². The van der Waals surface area contributed by atoms with Crippen LogP contribution in [0.3, 0.4) is 0 Å². The number of pyridine rings is 1. The van der Waals surface area contributed by atoms with Crippen molar-refractivity contribution in [3.8, 4) is 16.9 Å². The molecule has 96 valence electrons. The van der Waals surface area contributed by atoms with Crippen LogP contribution in [0.1, 0.15) is 5.56 Å². The number of aryl methyl sites for hydroxylation is 1. The lowest BCUT2D eigenvalue weighted by Gasteiger charge is -2.08. The highest BCUT2D eigenvalue weighted by Crippen LogP contribution is 2.35. The van der Waals surface area contributed by atoms with Gasteiger partial charge >= 0.3 is 0 Å². The summed E-state index contributed by atoms with van der Waals surface area (Å²) in [5, 5.41) is 0.866. The van der Waals surface area contributed by atoms with Crippen molar-refractivity contribution in [2.75, 3.05) is 12.8 Å². The second kappa shape index (κ2) is 4.31. The number of ether oxygens (including phenoxy) is 1. The van der Waals surface area contributed by atoms with E-state index in [1.807, 2.05) is 31.2 Å². The Balaban J connectivity index is 2.27. The third-order valence-electron chi connectivity index (χ3n) is 3.20. The Morgan fingerprint density at radius 2 is 1.95 bits per heavy atom. The molecule has 0 aliphatic heterocycles. The van der Waals surface area contributed by atoms with E-state index >= 15 is 0 Å². The van der Waals surface area contributed by atoms with E-state index in [-0.39, 0.29) is 0 Å². The summed E-state index contributed by atoms with van der Waals surface area (Å²) in [5.74, 6) is 0.826. The van der Waals surface area contributed by atoms with Crippen LogP contribution in [0, 0.1) is 6.92 Å². The molecule has 0 bridgehead atoms. The van der Waals surface area contributed by atoms with Gasteiger partial charge in [0.2, 0.25) is 5.71 Å². The molecule has 0 saturated heterocycles. The van der Waals surface area contributed by atoms with Crippen LogP contribution in [0.2, 0.25) is 0 Å². The molecule has 0 fully saturated rings. The minimum atomic E-state index is 0.564. The van der Waals surface area contributed by atoms with Crippen LogP contribution < -0.4 is 10.5 Å². The van der Waals surface area contributed by atoms with Crippen molar-refractivity contribution >= 4 is 16.8 Å². The molecule has 0 radical (unpaired) electrons. The van der Waals surface area contributed by atoms with Crippen LogP contribution in [0.25, 0.3) is 22.2 Å². The molecule has 0 amide bonds. The van der Waals surface area contributed by atoms with E-state index in [1.54, 1.807) is 13.3 Å². The number of nitrogens with two attached hydrogens (primary N) is 1. The summed E-state index contributed by atoms with van der Waals surface area (Å²) in [4.78, 5) is 4.25. The van der Waals surface area contributed by atoms with Crippen molar-refractivity contribution in [1.29, 1.82) is 0 Å². The molecular weight excluding hydrogens is 240 g/mol. The van der Waals surface area contributed by atoms with Gasteiger partial charge in [-0.1, -0.05) is 12.1 Å². The highest BCUT2D eigenvalue weighted by molar-refractivity contribution is 6.01. The van der Waals surface area contributed by atoms with Gasteiger partial charge in [-0.3, -0.25) is 0 Å². The maximum absolute atomic E-state index is 5.98. The van der Waals surface area contributed by atoms with E-state index < -0.39 is 0 Å². The summed E-state index contributed by atoms with van der Waals surface area (Å²) in [6, 6.07) is 7.87. The molecule has 0 unspecified atom stereocenters. The van der Waals surface area contributed by atoms with Crippen molar-refractivity contribution in [2.24, 2.45) is 0 Å². The van der Waals surface area contributed by atoms with Crippen molar-refractivity contribution in [3.05, 3.63) is 42.3 Å². The number of nitrogens with zero attached hydrogens (tertiary/aromatic N) is 1. The van der Waals surface area contributed by atoms with Crippen molar-refractivity contribution < 1.29 is 9.15 Å². The number of aromatic nitrogens is 1. The van der Waals surface area contributed by atoms with Crippen molar-refractivity contribution in [2.45, 2.75) is 6.92 Å². The van der Waals surface area contributed by atoms with Gasteiger partial charge in [0, 0.05) is 11.8 Å². The van der Waals surface area contributed by atoms with Crippen LogP contribution >= 0.6 is 0 Å². The van der Waals surface area contributed by atoms with E-state index in [4.69, 9.17) is 14.9 Å². The van der Waals surface area contributed by atoms with Crippen LogP contribution in [-0.4, -0.2) is 12.1 Å². The molecule has 19 heavy (non-hydrogen) atoms. The maximum Gasteiger partial charge on any atom is 0.228 e. The maximum atomic E-state index is 5.98. The Kier molecular flexibility index (Phi) is 2.63. The number of benzene rings is 1. The van der Waals surface area contributed by atoms with Gasteiger partial charge in [0.05, 0.1) is 18.2 Å². The first-order valence-electron chi connectivity index (χ1n) is 5.97. The quantitative estimate of drug-likeness (QED) is 0.761. The standard InChI is InChI=1S/C15H14N2O2/c1-9-7-17-15-14(12(16)8-19-15)13(9)10-3-5-11(18-2)6-4-10/h3-8H,16H2,1-2H3. The van der Waals surface area contributed by atoms with Gasteiger partial charge in [0.25, 0.3) is 0 Å². The third-order valence-corrected chi connectivity index (χ3v) is 3.20. The molecule has 3 aromatic rings. The summed E-state index contributed by atoms with van der Waals surface area (Å²) in [6.45, 7) is 2.01. The molecule has 3 rings (SSSR count). The lowest BCUT2D eigenvalue weighted by atomic mass is 9.99. The second-order valence-electron chi connectivity index (χ2n) is 4.42. The lowest BCUT2D eigenvalue weighted by Crippen LogP contribution is -1.90. The smallest absolute Gasteiger partial charge is 0.228 e. The molecular formula is C15H14N2O2. The highest BCUT2D eigenvalue weighted by Gasteiger charge is 2.14. The Hall–Kier alpha value is -2.49. The SMILES string of the molecule is COc1ccc(-c2c(C)cnc3occ(N)c23)cc1. The lowest BCUT2D eigenvalue weighted by molar-refractivity contribution is 0.415. The summed E-state index contributed by atoms with van der Waals surface area (Å²) < 4.78 is 10.5. The zero-order chi connectivity index (χ0) is 13.4. The molecule has 0 aliphatic rings. The number of fused-ring (bicyclic) bond motifs is 1. The molecule has 4 heteroatoms. The predicted octanol–water partition coefficient (Wildman–Crippen LogP) is 3.39. The molecule has 0 spiro atoms. The van der Waals surface area contributed by atoms with Gasteiger partial charge in [-0.05, 0) is 30.2 Å². The molecule has 0 atom stereocenters. The fourth-order valence-corrected chi connectivity index (χ4v) is 2.25.